The average molecular weight is 401 g/mol. The topological polar surface area (TPSA) is 68.8 Å². The van der Waals surface area contributed by atoms with Gasteiger partial charge in [-0.3, -0.25) is 4.79 Å². The summed E-state index contributed by atoms with van der Waals surface area (Å²) in [6, 6.07) is 13.7. The van der Waals surface area contributed by atoms with Gasteiger partial charge in [0.25, 0.3) is 5.91 Å². The molecule has 158 valence electrons. The number of carbonyl (C=O) groups is 1. The third-order valence-electron chi connectivity index (χ3n) is 4.02. The summed E-state index contributed by atoms with van der Waals surface area (Å²) in [4.78, 5) is 12.0. The third-order valence-corrected chi connectivity index (χ3v) is 4.02. The molecular formula is C23H32N2O4. The Kier molecular flexibility index (Phi) is 8.34. The van der Waals surface area contributed by atoms with E-state index in [2.05, 4.69) is 10.6 Å². The summed E-state index contributed by atoms with van der Waals surface area (Å²) >= 11 is 0. The standard InChI is InChI=1S/C23H32N2O4/c1-6-28-21-13-17(14-24-15-18-9-7-8-10-19(18)27-5)11-12-20(21)29-16-22(26)25-23(2,3)4/h7-13,24H,6,14-16H2,1-5H3,(H,25,26). The van der Waals surface area contributed by atoms with Gasteiger partial charge in [-0.05, 0) is 51.5 Å². The first-order valence-corrected chi connectivity index (χ1v) is 9.84. The molecule has 0 unspecified atom stereocenters. The van der Waals surface area contributed by atoms with E-state index in [9.17, 15) is 4.79 Å². The predicted molar refractivity (Wildman–Crippen MR) is 115 cm³/mol. The summed E-state index contributed by atoms with van der Waals surface area (Å²) in [5, 5.41) is 6.30. The van der Waals surface area contributed by atoms with Crippen molar-refractivity contribution in [1.82, 2.24) is 10.6 Å². The highest BCUT2D eigenvalue weighted by atomic mass is 16.5. The van der Waals surface area contributed by atoms with Crippen molar-refractivity contribution in [2.45, 2.75) is 46.3 Å². The van der Waals surface area contributed by atoms with Crippen LogP contribution in [0.15, 0.2) is 42.5 Å². The zero-order chi connectivity index (χ0) is 21.3. The molecule has 0 spiro atoms. The zero-order valence-electron chi connectivity index (χ0n) is 18.0. The predicted octanol–water partition coefficient (Wildman–Crippen LogP) is 3.68. The normalized spacial score (nSPS) is 11.1. The quantitative estimate of drug-likeness (QED) is 0.637. The van der Waals surface area contributed by atoms with Gasteiger partial charge in [-0.2, -0.15) is 0 Å². The SMILES string of the molecule is CCOc1cc(CNCc2ccccc2OC)ccc1OCC(=O)NC(C)(C)C. The molecule has 0 radical (unpaired) electrons. The van der Waals surface area contributed by atoms with E-state index in [1.807, 2.05) is 70.2 Å². The average Bonchev–Trinajstić information content (AvgIpc) is 2.66. The summed E-state index contributed by atoms with van der Waals surface area (Å²) in [7, 11) is 1.67. The number of ether oxygens (including phenoxy) is 3. The molecule has 29 heavy (non-hydrogen) atoms. The largest absolute Gasteiger partial charge is 0.496 e. The Balaban J connectivity index is 1.96. The van der Waals surface area contributed by atoms with E-state index in [4.69, 9.17) is 14.2 Å². The summed E-state index contributed by atoms with van der Waals surface area (Å²) in [6.07, 6.45) is 0. The van der Waals surface area contributed by atoms with E-state index >= 15 is 0 Å². The van der Waals surface area contributed by atoms with Crippen molar-refractivity contribution in [3.63, 3.8) is 0 Å². The van der Waals surface area contributed by atoms with E-state index in [0.29, 0.717) is 31.2 Å². The van der Waals surface area contributed by atoms with Crippen LogP contribution >= 0.6 is 0 Å². The number of benzene rings is 2. The minimum Gasteiger partial charge on any atom is -0.496 e. The Morgan fingerprint density at radius 3 is 2.41 bits per heavy atom. The number of methoxy groups -OCH3 is 1. The molecule has 6 heteroatoms. The molecular weight excluding hydrogens is 368 g/mol. The summed E-state index contributed by atoms with van der Waals surface area (Å²) in [6.45, 7) is 9.55. The third kappa shape index (κ3) is 7.66. The zero-order valence-corrected chi connectivity index (χ0v) is 18.0. The minimum absolute atomic E-state index is 0.0528. The van der Waals surface area contributed by atoms with Gasteiger partial charge in [-0.25, -0.2) is 0 Å². The fourth-order valence-electron chi connectivity index (χ4n) is 2.84. The smallest absolute Gasteiger partial charge is 0.258 e. The molecule has 0 aliphatic carbocycles. The van der Waals surface area contributed by atoms with E-state index < -0.39 is 0 Å². The number of carbonyl (C=O) groups excluding carboxylic acids is 1. The molecule has 0 aromatic heterocycles. The molecule has 1 amide bonds. The lowest BCUT2D eigenvalue weighted by Gasteiger charge is -2.21. The second-order valence-corrected chi connectivity index (χ2v) is 7.72. The lowest BCUT2D eigenvalue weighted by molar-refractivity contribution is -0.124. The monoisotopic (exact) mass is 400 g/mol. The fourth-order valence-corrected chi connectivity index (χ4v) is 2.84. The van der Waals surface area contributed by atoms with Crippen molar-refractivity contribution in [2.24, 2.45) is 0 Å². The molecule has 0 aliphatic rings. The summed E-state index contributed by atoms with van der Waals surface area (Å²) in [5.74, 6) is 1.90. The first-order valence-electron chi connectivity index (χ1n) is 9.84. The molecule has 2 rings (SSSR count). The van der Waals surface area contributed by atoms with Gasteiger partial charge < -0.3 is 24.8 Å². The Morgan fingerprint density at radius 1 is 0.966 bits per heavy atom. The second-order valence-electron chi connectivity index (χ2n) is 7.72. The van der Waals surface area contributed by atoms with Crippen LogP contribution in [0.5, 0.6) is 17.2 Å². The van der Waals surface area contributed by atoms with Crippen molar-refractivity contribution in [3.8, 4) is 17.2 Å². The second kappa shape index (κ2) is 10.7. The molecule has 2 aromatic carbocycles. The van der Waals surface area contributed by atoms with Crippen LogP contribution in [-0.4, -0.2) is 31.8 Å². The van der Waals surface area contributed by atoms with Crippen LogP contribution in [0.3, 0.4) is 0 Å². The first kappa shape index (κ1) is 22.6. The van der Waals surface area contributed by atoms with E-state index in [1.165, 1.54) is 0 Å². The highest BCUT2D eigenvalue weighted by Gasteiger charge is 2.15. The molecule has 0 aliphatic heterocycles. The molecule has 0 heterocycles. The van der Waals surface area contributed by atoms with Crippen molar-refractivity contribution < 1.29 is 19.0 Å². The maximum atomic E-state index is 12.0. The van der Waals surface area contributed by atoms with Crippen LogP contribution < -0.4 is 24.8 Å². The lowest BCUT2D eigenvalue weighted by atomic mass is 10.1. The van der Waals surface area contributed by atoms with Gasteiger partial charge in [-0.1, -0.05) is 24.3 Å². The van der Waals surface area contributed by atoms with Crippen molar-refractivity contribution in [2.75, 3.05) is 20.3 Å². The van der Waals surface area contributed by atoms with E-state index in [1.54, 1.807) is 7.11 Å². The Morgan fingerprint density at radius 2 is 1.72 bits per heavy atom. The molecule has 0 fully saturated rings. The van der Waals surface area contributed by atoms with Gasteiger partial charge in [-0.15, -0.1) is 0 Å². The number of hydrogen-bond acceptors (Lipinski definition) is 5. The van der Waals surface area contributed by atoms with Gasteiger partial charge in [0.1, 0.15) is 5.75 Å². The Bertz CT molecular complexity index is 800. The number of nitrogens with one attached hydrogen (secondary N) is 2. The van der Waals surface area contributed by atoms with Gasteiger partial charge in [0.15, 0.2) is 18.1 Å². The number of amides is 1. The van der Waals surface area contributed by atoms with Crippen LogP contribution in [0.4, 0.5) is 0 Å². The fraction of sp³-hybridized carbons (Fsp3) is 0.435. The van der Waals surface area contributed by atoms with Crippen LogP contribution in [0.25, 0.3) is 0 Å². The maximum absolute atomic E-state index is 12.0. The van der Waals surface area contributed by atoms with E-state index in [-0.39, 0.29) is 18.1 Å². The first-order chi connectivity index (χ1) is 13.8. The summed E-state index contributed by atoms with van der Waals surface area (Å²) < 4.78 is 16.8. The van der Waals surface area contributed by atoms with Gasteiger partial charge in [0, 0.05) is 24.2 Å². The minimum atomic E-state index is -0.292. The van der Waals surface area contributed by atoms with Gasteiger partial charge in [0.05, 0.1) is 13.7 Å². The van der Waals surface area contributed by atoms with Crippen LogP contribution in [0.1, 0.15) is 38.8 Å². The molecule has 2 N–H and O–H groups in total. The number of para-hydroxylation sites is 1. The van der Waals surface area contributed by atoms with Crippen LogP contribution in [0.2, 0.25) is 0 Å². The van der Waals surface area contributed by atoms with Crippen molar-refractivity contribution >= 4 is 5.91 Å². The highest BCUT2D eigenvalue weighted by molar-refractivity contribution is 5.78. The molecule has 2 aromatic rings. The molecule has 0 saturated heterocycles. The van der Waals surface area contributed by atoms with Gasteiger partial charge >= 0.3 is 0 Å². The highest BCUT2D eigenvalue weighted by Crippen LogP contribution is 2.28. The van der Waals surface area contributed by atoms with Crippen molar-refractivity contribution in [3.05, 3.63) is 53.6 Å². The molecule has 6 nitrogen and oxygen atoms in total. The number of rotatable bonds is 10. The lowest BCUT2D eigenvalue weighted by Crippen LogP contribution is -2.43. The number of hydrogen-bond donors (Lipinski definition) is 2. The molecule has 0 atom stereocenters. The van der Waals surface area contributed by atoms with Gasteiger partial charge in [0.2, 0.25) is 0 Å². The molecule has 0 bridgehead atoms. The van der Waals surface area contributed by atoms with Crippen LogP contribution in [0, 0.1) is 0 Å². The Hall–Kier alpha value is -2.73. The van der Waals surface area contributed by atoms with Crippen molar-refractivity contribution in [1.29, 1.82) is 0 Å². The molecule has 0 saturated carbocycles. The Labute approximate surface area is 173 Å². The maximum Gasteiger partial charge on any atom is 0.258 e. The summed E-state index contributed by atoms with van der Waals surface area (Å²) in [5.41, 5.74) is 1.87. The van der Waals surface area contributed by atoms with Crippen LogP contribution in [-0.2, 0) is 17.9 Å². The van der Waals surface area contributed by atoms with E-state index in [0.717, 1.165) is 16.9 Å².